The summed E-state index contributed by atoms with van der Waals surface area (Å²) >= 11 is 0. The molecule has 2 heterocycles. The summed E-state index contributed by atoms with van der Waals surface area (Å²) < 4.78 is 13.1. The second-order valence-corrected chi connectivity index (χ2v) is 7.14. The molecular formula is C22H23N5O4. The molecule has 0 spiro atoms. The predicted octanol–water partition coefficient (Wildman–Crippen LogP) is 2.93. The highest BCUT2D eigenvalue weighted by molar-refractivity contribution is 5.92. The summed E-state index contributed by atoms with van der Waals surface area (Å²) in [6, 6.07) is 12.6. The number of hydrogen-bond donors (Lipinski definition) is 2. The molecule has 31 heavy (non-hydrogen) atoms. The topological polar surface area (TPSA) is 107 Å². The molecule has 3 aromatic rings. The average Bonchev–Trinajstić information content (AvgIpc) is 3.22. The standard InChI is InChI=1S/C22H23N5O4/c1-3-30-19-10-15(17-11-20(28)26-22-23-13-24-27(17)22)6-9-18(19)31-12-21(29)25-16-7-4-14(2)5-8-16/h4-10,13,17H,3,11-12H2,1-2H3,(H,25,29)(H,23,24,26,28). The highest BCUT2D eigenvalue weighted by atomic mass is 16.5. The zero-order valence-electron chi connectivity index (χ0n) is 17.3. The number of benzene rings is 2. The van der Waals surface area contributed by atoms with Crippen molar-refractivity contribution < 1.29 is 19.1 Å². The number of aryl methyl sites for hydroxylation is 1. The molecule has 0 radical (unpaired) electrons. The normalized spacial score (nSPS) is 15.0. The Balaban J connectivity index is 1.48. The Morgan fingerprint density at radius 3 is 2.77 bits per heavy atom. The lowest BCUT2D eigenvalue weighted by Gasteiger charge is -2.24. The van der Waals surface area contributed by atoms with E-state index in [1.165, 1.54) is 6.33 Å². The third kappa shape index (κ3) is 4.66. The van der Waals surface area contributed by atoms with Gasteiger partial charge in [-0.3, -0.25) is 14.9 Å². The molecule has 1 unspecified atom stereocenters. The molecule has 1 atom stereocenters. The van der Waals surface area contributed by atoms with Crippen LogP contribution >= 0.6 is 0 Å². The third-order valence-electron chi connectivity index (χ3n) is 4.84. The fourth-order valence-corrected chi connectivity index (χ4v) is 3.36. The van der Waals surface area contributed by atoms with Crippen molar-refractivity contribution in [1.29, 1.82) is 0 Å². The van der Waals surface area contributed by atoms with Gasteiger partial charge in [0.2, 0.25) is 11.9 Å². The molecule has 2 aromatic carbocycles. The lowest BCUT2D eigenvalue weighted by Crippen LogP contribution is -2.29. The summed E-state index contributed by atoms with van der Waals surface area (Å²) in [5, 5.41) is 9.71. The molecule has 1 aliphatic rings. The van der Waals surface area contributed by atoms with Gasteiger partial charge in [0, 0.05) is 5.69 Å². The highest BCUT2D eigenvalue weighted by Gasteiger charge is 2.28. The van der Waals surface area contributed by atoms with Crippen LogP contribution < -0.4 is 20.1 Å². The van der Waals surface area contributed by atoms with Crippen LogP contribution in [0.3, 0.4) is 0 Å². The summed E-state index contributed by atoms with van der Waals surface area (Å²) in [5.41, 5.74) is 2.66. The number of nitrogens with one attached hydrogen (secondary N) is 2. The second kappa shape index (κ2) is 8.86. The Morgan fingerprint density at radius 2 is 2.00 bits per heavy atom. The van der Waals surface area contributed by atoms with Crippen molar-refractivity contribution in [2.24, 2.45) is 0 Å². The molecule has 1 aliphatic heterocycles. The van der Waals surface area contributed by atoms with Crippen LogP contribution in [0.2, 0.25) is 0 Å². The van der Waals surface area contributed by atoms with Gasteiger partial charge < -0.3 is 14.8 Å². The van der Waals surface area contributed by atoms with Gasteiger partial charge >= 0.3 is 0 Å². The summed E-state index contributed by atoms with van der Waals surface area (Å²) in [5.74, 6) is 0.954. The highest BCUT2D eigenvalue weighted by Crippen LogP contribution is 2.35. The Morgan fingerprint density at radius 1 is 1.19 bits per heavy atom. The van der Waals surface area contributed by atoms with Gasteiger partial charge in [0.05, 0.1) is 19.1 Å². The first-order valence-corrected chi connectivity index (χ1v) is 9.99. The molecule has 0 aliphatic carbocycles. The molecule has 0 fully saturated rings. The first kappa shape index (κ1) is 20.4. The van der Waals surface area contributed by atoms with Gasteiger partial charge in [0.15, 0.2) is 18.1 Å². The number of rotatable bonds is 7. The van der Waals surface area contributed by atoms with E-state index in [1.807, 2.05) is 50.2 Å². The number of amides is 2. The van der Waals surface area contributed by atoms with Crippen molar-refractivity contribution in [1.82, 2.24) is 14.8 Å². The van der Waals surface area contributed by atoms with Crippen molar-refractivity contribution >= 4 is 23.5 Å². The molecule has 2 N–H and O–H groups in total. The van der Waals surface area contributed by atoms with E-state index in [9.17, 15) is 9.59 Å². The van der Waals surface area contributed by atoms with Gasteiger partial charge in [-0.2, -0.15) is 10.1 Å². The lowest BCUT2D eigenvalue weighted by molar-refractivity contribution is -0.118. The van der Waals surface area contributed by atoms with Crippen molar-refractivity contribution in [2.75, 3.05) is 23.8 Å². The molecule has 1 aromatic heterocycles. The van der Waals surface area contributed by atoms with E-state index in [-0.39, 0.29) is 30.9 Å². The van der Waals surface area contributed by atoms with E-state index in [2.05, 4.69) is 20.7 Å². The van der Waals surface area contributed by atoms with Gasteiger partial charge in [-0.1, -0.05) is 23.8 Å². The summed E-state index contributed by atoms with van der Waals surface area (Å²) in [6.07, 6.45) is 1.64. The molecule has 2 amide bonds. The Labute approximate surface area is 179 Å². The van der Waals surface area contributed by atoms with Crippen LogP contribution in [0.1, 0.15) is 30.5 Å². The molecular weight excluding hydrogens is 398 g/mol. The molecule has 4 rings (SSSR count). The quantitative estimate of drug-likeness (QED) is 0.607. The number of anilines is 2. The van der Waals surface area contributed by atoms with Crippen molar-refractivity contribution in [3.05, 3.63) is 59.9 Å². The minimum absolute atomic E-state index is 0.128. The largest absolute Gasteiger partial charge is 0.490 e. The Kier molecular flexibility index (Phi) is 5.83. The van der Waals surface area contributed by atoms with Crippen LogP contribution in [-0.4, -0.2) is 39.8 Å². The second-order valence-electron chi connectivity index (χ2n) is 7.14. The molecule has 0 saturated heterocycles. The maximum Gasteiger partial charge on any atom is 0.262 e. The zero-order chi connectivity index (χ0) is 21.8. The van der Waals surface area contributed by atoms with Crippen LogP contribution in [0.4, 0.5) is 11.6 Å². The number of ether oxygens (including phenoxy) is 2. The number of carbonyl (C=O) groups excluding carboxylic acids is 2. The van der Waals surface area contributed by atoms with Gasteiger partial charge in [-0.15, -0.1) is 0 Å². The van der Waals surface area contributed by atoms with Crippen LogP contribution in [0.15, 0.2) is 48.8 Å². The molecule has 0 bridgehead atoms. The van der Waals surface area contributed by atoms with Gasteiger partial charge in [-0.25, -0.2) is 4.68 Å². The number of hydrogen-bond acceptors (Lipinski definition) is 6. The minimum Gasteiger partial charge on any atom is -0.490 e. The van der Waals surface area contributed by atoms with Crippen molar-refractivity contribution in [3.63, 3.8) is 0 Å². The Hall–Kier alpha value is -3.88. The summed E-state index contributed by atoms with van der Waals surface area (Å²) in [4.78, 5) is 28.4. The van der Waals surface area contributed by atoms with E-state index >= 15 is 0 Å². The van der Waals surface area contributed by atoms with E-state index in [0.717, 1.165) is 11.1 Å². The lowest BCUT2D eigenvalue weighted by atomic mass is 10.0. The fraction of sp³-hybridized carbons (Fsp3) is 0.273. The van der Waals surface area contributed by atoms with Gasteiger partial charge in [0.25, 0.3) is 5.91 Å². The van der Waals surface area contributed by atoms with E-state index in [1.54, 1.807) is 10.7 Å². The predicted molar refractivity (Wildman–Crippen MR) is 114 cm³/mol. The van der Waals surface area contributed by atoms with Crippen molar-refractivity contribution in [3.8, 4) is 11.5 Å². The van der Waals surface area contributed by atoms with Gasteiger partial charge in [-0.05, 0) is 43.7 Å². The molecule has 9 heteroatoms. The number of nitrogens with zero attached hydrogens (tertiary/aromatic N) is 3. The maximum absolute atomic E-state index is 12.3. The van der Waals surface area contributed by atoms with E-state index in [0.29, 0.717) is 29.7 Å². The summed E-state index contributed by atoms with van der Waals surface area (Å²) in [6.45, 7) is 4.11. The smallest absolute Gasteiger partial charge is 0.262 e. The van der Waals surface area contributed by atoms with Crippen LogP contribution in [0, 0.1) is 6.92 Å². The van der Waals surface area contributed by atoms with E-state index < -0.39 is 0 Å². The maximum atomic E-state index is 12.3. The Bertz CT molecular complexity index is 1090. The first-order valence-electron chi connectivity index (χ1n) is 9.99. The average molecular weight is 421 g/mol. The number of fused-ring (bicyclic) bond motifs is 1. The number of aromatic nitrogens is 3. The molecule has 0 saturated carbocycles. The minimum atomic E-state index is -0.302. The fourth-order valence-electron chi connectivity index (χ4n) is 3.36. The summed E-state index contributed by atoms with van der Waals surface area (Å²) in [7, 11) is 0. The third-order valence-corrected chi connectivity index (χ3v) is 4.84. The zero-order valence-corrected chi connectivity index (χ0v) is 17.3. The van der Waals surface area contributed by atoms with Crippen LogP contribution in [0.5, 0.6) is 11.5 Å². The monoisotopic (exact) mass is 421 g/mol. The van der Waals surface area contributed by atoms with Crippen LogP contribution in [-0.2, 0) is 9.59 Å². The molecule has 160 valence electrons. The van der Waals surface area contributed by atoms with Gasteiger partial charge in [0.1, 0.15) is 6.33 Å². The first-order chi connectivity index (χ1) is 15.0. The van der Waals surface area contributed by atoms with E-state index in [4.69, 9.17) is 9.47 Å². The van der Waals surface area contributed by atoms with Crippen LogP contribution in [0.25, 0.3) is 0 Å². The number of carbonyl (C=O) groups is 2. The SMILES string of the molecule is CCOc1cc(C2CC(=O)Nc3ncnn32)ccc1OCC(=O)Nc1ccc(C)cc1. The molecule has 9 nitrogen and oxygen atoms in total. The van der Waals surface area contributed by atoms with Crippen molar-refractivity contribution in [2.45, 2.75) is 26.3 Å².